The molecule has 0 bridgehead atoms. The molecule has 0 spiro atoms. The Morgan fingerprint density at radius 1 is 1.04 bits per heavy atom. The predicted molar refractivity (Wildman–Crippen MR) is 96.2 cm³/mol. The predicted octanol–water partition coefficient (Wildman–Crippen LogP) is 4.88. The molecular formula is C17H13ClF3N5O. The lowest BCUT2D eigenvalue weighted by Crippen LogP contribution is -2.17. The second-order valence-corrected chi connectivity index (χ2v) is 5.65. The topological polar surface area (TPSA) is 72.0 Å². The maximum atomic E-state index is 12.3. The van der Waals surface area contributed by atoms with E-state index in [0.717, 1.165) is 6.07 Å². The molecule has 0 amide bonds. The van der Waals surface area contributed by atoms with Crippen LogP contribution in [0.15, 0.2) is 48.7 Å². The highest BCUT2D eigenvalue weighted by Gasteiger charge is 2.32. The van der Waals surface area contributed by atoms with E-state index in [0.29, 0.717) is 28.8 Å². The summed E-state index contributed by atoms with van der Waals surface area (Å²) in [6, 6.07) is 10.9. The normalized spacial score (nSPS) is 11.1. The number of rotatable bonds is 5. The Bertz CT molecular complexity index is 938. The fraction of sp³-hybridized carbons (Fsp3) is 0.118. The van der Waals surface area contributed by atoms with Gasteiger partial charge in [0, 0.05) is 25.0 Å². The number of hydrogen-bond acceptors (Lipinski definition) is 6. The third-order valence-corrected chi connectivity index (χ3v) is 3.60. The van der Waals surface area contributed by atoms with Crippen molar-refractivity contribution in [2.24, 2.45) is 0 Å². The van der Waals surface area contributed by atoms with Gasteiger partial charge in [-0.05, 0) is 30.3 Å². The Morgan fingerprint density at radius 2 is 1.85 bits per heavy atom. The first-order valence-electron chi connectivity index (χ1n) is 7.64. The summed E-state index contributed by atoms with van der Waals surface area (Å²) >= 11 is 5.87. The molecule has 0 fully saturated rings. The van der Waals surface area contributed by atoms with Crippen LogP contribution in [0.2, 0.25) is 5.02 Å². The molecule has 27 heavy (non-hydrogen) atoms. The molecule has 2 heterocycles. The molecule has 0 atom stereocenters. The lowest BCUT2D eigenvalue weighted by Gasteiger charge is -2.13. The highest BCUT2D eigenvalue weighted by molar-refractivity contribution is 6.32. The van der Waals surface area contributed by atoms with Crippen molar-refractivity contribution in [3.8, 4) is 17.1 Å². The minimum Gasteiger partial charge on any atom is -0.404 e. The van der Waals surface area contributed by atoms with Gasteiger partial charge < -0.3 is 15.4 Å². The zero-order chi connectivity index (χ0) is 19.4. The summed E-state index contributed by atoms with van der Waals surface area (Å²) in [6.45, 7) is 0. The third kappa shape index (κ3) is 4.98. The molecule has 0 aliphatic carbocycles. The second-order valence-electron chi connectivity index (χ2n) is 5.25. The molecule has 0 aliphatic heterocycles. The van der Waals surface area contributed by atoms with Crippen LogP contribution in [-0.2, 0) is 0 Å². The Kier molecular flexibility index (Phi) is 5.31. The summed E-state index contributed by atoms with van der Waals surface area (Å²) < 4.78 is 40.8. The molecular weight excluding hydrogens is 383 g/mol. The highest BCUT2D eigenvalue weighted by Crippen LogP contribution is 2.33. The van der Waals surface area contributed by atoms with Crippen LogP contribution in [0.25, 0.3) is 11.4 Å². The van der Waals surface area contributed by atoms with Gasteiger partial charge in [0.25, 0.3) is 0 Å². The maximum Gasteiger partial charge on any atom is 0.573 e. The first kappa shape index (κ1) is 18.7. The fourth-order valence-electron chi connectivity index (χ4n) is 2.20. The van der Waals surface area contributed by atoms with E-state index in [-0.39, 0.29) is 5.02 Å². The van der Waals surface area contributed by atoms with Gasteiger partial charge in [0.1, 0.15) is 11.6 Å². The first-order valence-corrected chi connectivity index (χ1v) is 8.02. The number of nitrogens with one attached hydrogen (secondary N) is 2. The van der Waals surface area contributed by atoms with E-state index in [1.807, 2.05) is 6.07 Å². The molecule has 0 radical (unpaired) electrons. The quantitative estimate of drug-likeness (QED) is 0.641. The molecule has 10 heteroatoms. The molecule has 0 saturated heterocycles. The van der Waals surface area contributed by atoms with Crippen LogP contribution in [0, 0.1) is 0 Å². The van der Waals surface area contributed by atoms with E-state index >= 15 is 0 Å². The number of anilines is 3. The molecule has 2 aromatic heterocycles. The van der Waals surface area contributed by atoms with Crippen LogP contribution in [0.4, 0.5) is 30.6 Å². The third-order valence-electron chi connectivity index (χ3n) is 3.31. The smallest absolute Gasteiger partial charge is 0.404 e. The van der Waals surface area contributed by atoms with Gasteiger partial charge in [-0.3, -0.25) is 4.98 Å². The van der Waals surface area contributed by atoms with Gasteiger partial charge in [-0.15, -0.1) is 13.2 Å². The largest absolute Gasteiger partial charge is 0.573 e. The Balaban J connectivity index is 1.88. The van der Waals surface area contributed by atoms with Crippen LogP contribution in [-0.4, -0.2) is 28.4 Å². The second kappa shape index (κ2) is 7.67. The van der Waals surface area contributed by atoms with Crippen LogP contribution in [0.3, 0.4) is 0 Å². The van der Waals surface area contributed by atoms with Crippen LogP contribution >= 0.6 is 11.6 Å². The van der Waals surface area contributed by atoms with Crippen molar-refractivity contribution in [3.63, 3.8) is 0 Å². The molecule has 140 valence electrons. The summed E-state index contributed by atoms with van der Waals surface area (Å²) in [5.74, 6) is 0.279. The van der Waals surface area contributed by atoms with Gasteiger partial charge in [-0.2, -0.15) is 4.98 Å². The molecule has 3 rings (SSSR count). The van der Waals surface area contributed by atoms with E-state index in [9.17, 15) is 13.2 Å². The number of benzene rings is 1. The lowest BCUT2D eigenvalue weighted by atomic mass is 10.2. The minimum absolute atomic E-state index is 0.190. The zero-order valence-electron chi connectivity index (χ0n) is 13.9. The van der Waals surface area contributed by atoms with Crippen molar-refractivity contribution in [1.82, 2.24) is 15.0 Å². The van der Waals surface area contributed by atoms with Crippen molar-refractivity contribution >= 4 is 29.1 Å². The Labute approximate surface area is 157 Å². The molecule has 0 saturated carbocycles. The monoisotopic (exact) mass is 395 g/mol. The number of hydrogen-bond donors (Lipinski definition) is 2. The van der Waals surface area contributed by atoms with Gasteiger partial charge in [0.05, 0.1) is 16.4 Å². The lowest BCUT2D eigenvalue weighted by molar-refractivity contribution is -0.274. The Hall–Kier alpha value is -3.07. The van der Waals surface area contributed by atoms with Crippen molar-refractivity contribution in [1.29, 1.82) is 0 Å². The van der Waals surface area contributed by atoms with Gasteiger partial charge in [-0.25, -0.2) is 4.98 Å². The number of pyridine rings is 1. The standard InChI is InChI=1S/C17H13ClF3N5O/c1-22-16-25-13(12-4-2-3-7-23-12)9-15(26-16)24-10-5-6-14(11(18)8-10)27-17(19,20)21/h2-9H,1H3,(H2,22,24,25,26). The fourth-order valence-corrected chi connectivity index (χ4v) is 2.42. The van der Waals surface area contributed by atoms with Crippen molar-refractivity contribution in [2.45, 2.75) is 6.36 Å². The average Bonchev–Trinajstić information content (AvgIpc) is 2.63. The van der Waals surface area contributed by atoms with Crippen molar-refractivity contribution < 1.29 is 17.9 Å². The van der Waals surface area contributed by atoms with Crippen molar-refractivity contribution in [2.75, 3.05) is 17.7 Å². The van der Waals surface area contributed by atoms with Crippen LogP contribution in [0.1, 0.15) is 0 Å². The molecule has 2 N–H and O–H groups in total. The molecule has 3 aromatic rings. The molecule has 1 aromatic carbocycles. The van der Waals surface area contributed by atoms with Gasteiger partial charge in [0.2, 0.25) is 5.95 Å². The first-order chi connectivity index (χ1) is 12.8. The van der Waals surface area contributed by atoms with Crippen molar-refractivity contribution in [3.05, 3.63) is 53.7 Å². The van der Waals surface area contributed by atoms with Crippen LogP contribution in [0.5, 0.6) is 5.75 Å². The van der Waals surface area contributed by atoms with Gasteiger partial charge in [-0.1, -0.05) is 17.7 Å². The number of halogens is 4. The number of aromatic nitrogens is 3. The summed E-state index contributed by atoms with van der Waals surface area (Å²) in [4.78, 5) is 12.9. The summed E-state index contributed by atoms with van der Waals surface area (Å²) in [7, 11) is 1.67. The number of nitrogens with zero attached hydrogens (tertiary/aromatic N) is 3. The summed E-state index contributed by atoms with van der Waals surface area (Å²) in [5.41, 5.74) is 1.65. The van der Waals surface area contributed by atoms with Gasteiger partial charge in [0.15, 0.2) is 0 Å². The molecule has 0 aliphatic rings. The summed E-state index contributed by atoms with van der Waals surface area (Å²) in [6.07, 6.45) is -3.17. The number of ether oxygens (including phenoxy) is 1. The number of alkyl halides is 3. The molecule has 6 nitrogen and oxygen atoms in total. The maximum absolute atomic E-state index is 12.3. The van der Waals surface area contributed by atoms with E-state index in [4.69, 9.17) is 11.6 Å². The van der Waals surface area contributed by atoms with Crippen LogP contribution < -0.4 is 15.4 Å². The van der Waals surface area contributed by atoms with E-state index in [2.05, 4.69) is 30.3 Å². The summed E-state index contributed by atoms with van der Waals surface area (Å²) in [5, 5.41) is 5.64. The van der Waals surface area contributed by atoms with E-state index < -0.39 is 12.1 Å². The SMILES string of the molecule is CNc1nc(Nc2ccc(OC(F)(F)F)c(Cl)c2)cc(-c2ccccn2)n1. The van der Waals surface area contributed by atoms with E-state index in [1.54, 1.807) is 31.4 Å². The molecule has 0 unspecified atom stereocenters. The average molecular weight is 396 g/mol. The highest BCUT2D eigenvalue weighted by atomic mass is 35.5. The van der Waals surface area contributed by atoms with Gasteiger partial charge >= 0.3 is 6.36 Å². The Morgan fingerprint density at radius 3 is 2.48 bits per heavy atom. The minimum atomic E-state index is -4.81. The van der Waals surface area contributed by atoms with E-state index in [1.165, 1.54) is 12.1 Å². The zero-order valence-corrected chi connectivity index (χ0v) is 14.6.